The van der Waals surface area contributed by atoms with E-state index < -0.39 is 12.1 Å². The molecule has 2 atom stereocenters. The third-order valence-corrected chi connectivity index (χ3v) is 19.4. The molecular formula is C84H161NO5. The minimum absolute atomic E-state index is 0.0160. The van der Waals surface area contributed by atoms with Crippen LogP contribution in [0.4, 0.5) is 0 Å². The summed E-state index contributed by atoms with van der Waals surface area (Å²) in [5, 5.41) is 23.3. The number of hydrogen-bond acceptors (Lipinski definition) is 5. The average Bonchev–Trinajstić information content (AvgIpc) is 3.60. The first-order valence-electron chi connectivity index (χ1n) is 41.3. The zero-order valence-electron chi connectivity index (χ0n) is 61.1. The van der Waals surface area contributed by atoms with E-state index in [9.17, 15) is 19.8 Å². The first kappa shape index (κ1) is 88.1. The normalized spacial score (nSPS) is 12.6. The van der Waals surface area contributed by atoms with E-state index in [4.69, 9.17) is 4.74 Å². The molecule has 0 heterocycles. The number of nitrogens with one attached hydrogen (secondary N) is 1. The second kappa shape index (κ2) is 79.5. The molecule has 0 aliphatic rings. The Morgan fingerprint density at radius 1 is 0.300 bits per heavy atom. The number of carbonyl (C=O) groups is 2. The number of aliphatic hydroxyl groups excluding tert-OH is 2. The van der Waals surface area contributed by atoms with Crippen molar-refractivity contribution in [2.45, 2.75) is 475 Å². The van der Waals surface area contributed by atoms with Gasteiger partial charge in [-0.2, -0.15) is 0 Å². The van der Waals surface area contributed by atoms with E-state index in [0.717, 1.165) is 44.9 Å². The largest absolute Gasteiger partial charge is 0.466 e. The second-order valence-corrected chi connectivity index (χ2v) is 28.4. The van der Waals surface area contributed by atoms with E-state index in [1.165, 1.54) is 392 Å². The van der Waals surface area contributed by atoms with Crippen LogP contribution in [0.2, 0.25) is 0 Å². The first-order valence-corrected chi connectivity index (χ1v) is 41.3. The van der Waals surface area contributed by atoms with Gasteiger partial charge < -0.3 is 20.3 Å². The summed E-state index contributed by atoms with van der Waals surface area (Å²) in [5.41, 5.74) is 0. The van der Waals surface area contributed by atoms with Gasteiger partial charge in [-0.05, 0) is 83.5 Å². The second-order valence-electron chi connectivity index (χ2n) is 28.4. The van der Waals surface area contributed by atoms with Gasteiger partial charge in [0, 0.05) is 12.8 Å². The maximum absolute atomic E-state index is 12.6. The SMILES string of the molecule is CCCCCCCCC/C=C\CCCCCCCCCC(=O)OCCCCCCCCCCCCCC/C=C\CCCCCCCCCCCCCCCCCCC(=O)NC(CO)C(O)/C=C/CCCCCCCCCCCCCCCCCCCCCCC. The molecular weight excluding hydrogens is 1100 g/mol. The van der Waals surface area contributed by atoms with Crippen molar-refractivity contribution in [3.05, 3.63) is 36.5 Å². The van der Waals surface area contributed by atoms with E-state index in [2.05, 4.69) is 43.5 Å². The molecule has 1 amide bonds. The molecule has 0 fully saturated rings. The van der Waals surface area contributed by atoms with Crippen molar-refractivity contribution in [3.8, 4) is 0 Å². The van der Waals surface area contributed by atoms with Crippen molar-refractivity contribution in [3.63, 3.8) is 0 Å². The Hall–Kier alpha value is -1.92. The van der Waals surface area contributed by atoms with Gasteiger partial charge in [0.1, 0.15) is 0 Å². The van der Waals surface area contributed by atoms with Gasteiger partial charge in [-0.25, -0.2) is 0 Å². The fourth-order valence-electron chi connectivity index (χ4n) is 13.1. The van der Waals surface area contributed by atoms with Crippen LogP contribution < -0.4 is 5.32 Å². The zero-order chi connectivity index (χ0) is 64.9. The molecule has 0 rings (SSSR count). The van der Waals surface area contributed by atoms with Crippen molar-refractivity contribution in [2.24, 2.45) is 0 Å². The van der Waals surface area contributed by atoms with Crippen LogP contribution in [0.3, 0.4) is 0 Å². The molecule has 6 nitrogen and oxygen atoms in total. The van der Waals surface area contributed by atoms with E-state index in [1.54, 1.807) is 6.08 Å². The van der Waals surface area contributed by atoms with Crippen molar-refractivity contribution < 1.29 is 24.5 Å². The number of aliphatic hydroxyl groups is 2. The standard InChI is InChI=1S/C84H161NO5/c1-3-5-7-9-11-13-15-17-19-21-23-24-35-38-41-44-48-52-56-60-64-68-72-76-82(87)81(80-86)85-83(88)77-73-69-65-61-57-53-49-45-42-39-36-33-31-29-27-25-26-28-30-32-34-37-40-43-47-51-55-59-63-67-71-75-79-90-84(89)78-74-70-66-62-58-54-50-46-22-20-18-16-14-12-10-8-6-4-2/h20,22,28,30,72,76,81-82,86-87H,3-19,21,23-27,29,31-71,73-75,77-80H2,1-2H3,(H,85,88)/b22-20-,30-28-,76-72+. The molecule has 0 aromatic carbocycles. The summed E-state index contributed by atoms with van der Waals surface area (Å²) in [5.74, 6) is -0.0444. The number of hydrogen-bond donors (Lipinski definition) is 3. The third kappa shape index (κ3) is 75.1. The number of allylic oxidation sites excluding steroid dienone is 5. The summed E-state index contributed by atoms with van der Waals surface area (Å²) < 4.78 is 5.51. The number of unbranched alkanes of at least 4 members (excludes halogenated alkanes) is 63. The number of rotatable bonds is 78. The van der Waals surface area contributed by atoms with Gasteiger partial charge in [-0.15, -0.1) is 0 Å². The van der Waals surface area contributed by atoms with E-state index in [0.29, 0.717) is 19.4 Å². The van der Waals surface area contributed by atoms with Crippen molar-refractivity contribution in [2.75, 3.05) is 13.2 Å². The zero-order valence-corrected chi connectivity index (χ0v) is 61.1. The molecule has 6 heteroatoms. The molecule has 0 aromatic heterocycles. The Balaban J connectivity index is 3.37. The van der Waals surface area contributed by atoms with Gasteiger partial charge in [-0.3, -0.25) is 9.59 Å². The van der Waals surface area contributed by atoms with E-state index in [-0.39, 0.29) is 18.5 Å². The molecule has 532 valence electrons. The highest BCUT2D eigenvalue weighted by atomic mass is 16.5. The van der Waals surface area contributed by atoms with Crippen LogP contribution in [-0.4, -0.2) is 47.4 Å². The molecule has 3 N–H and O–H groups in total. The number of ether oxygens (including phenoxy) is 1. The molecule has 0 saturated heterocycles. The van der Waals surface area contributed by atoms with Crippen LogP contribution in [0.5, 0.6) is 0 Å². The minimum Gasteiger partial charge on any atom is -0.466 e. The lowest BCUT2D eigenvalue weighted by atomic mass is 10.0. The molecule has 0 aliphatic carbocycles. The van der Waals surface area contributed by atoms with Gasteiger partial charge in [0.05, 0.1) is 25.4 Å². The van der Waals surface area contributed by atoms with Crippen LogP contribution in [0.15, 0.2) is 36.5 Å². The maximum atomic E-state index is 12.6. The molecule has 0 spiro atoms. The predicted octanol–water partition coefficient (Wildman–Crippen LogP) is 27.4. The fourth-order valence-corrected chi connectivity index (χ4v) is 13.1. The summed E-state index contributed by atoms with van der Waals surface area (Å²) in [4.78, 5) is 24.7. The lowest BCUT2D eigenvalue weighted by Crippen LogP contribution is -2.45. The first-order chi connectivity index (χ1) is 44.5. The van der Waals surface area contributed by atoms with Crippen LogP contribution >= 0.6 is 0 Å². The molecule has 2 unspecified atom stereocenters. The lowest BCUT2D eigenvalue weighted by molar-refractivity contribution is -0.143. The van der Waals surface area contributed by atoms with Crippen LogP contribution in [0, 0.1) is 0 Å². The Kier molecular flexibility index (Phi) is 77.8. The Morgan fingerprint density at radius 3 is 0.789 bits per heavy atom. The van der Waals surface area contributed by atoms with Gasteiger partial charge >= 0.3 is 5.97 Å². The quantitative estimate of drug-likeness (QED) is 0.0320. The highest BCUT2D eigenvalue weighted by Crippen LogP contribution is 2.20. The molecule has 0 aliphatic heterocycles. The predicted molar refractivity (Wildman–Crippen MR) is 398 cm³/mol. The lowest BCUT2D eigenvalue weighted by Gasteiger charge is -2.20. The highest BCUT2D eigenvalue weighted by Gasteiger charge is 2.18. The fraction of sp³-hybridized carbons (Fsp3) is 0.905. The van der Waals surface area contributed by atoms with Crippen molar-refractivity contribution in [1.29, 1.82) is 0 Å². The van der Waals surface area contributed by atoms with E-state index in [1.807, 2.05) is 6.08 Å². The summed E-state index contributed by atoms with van der Waals surface area (Å²) in [6.07, 6.45) is 104. The van der Waals surface area contributed by atoms with Crippen LogP contribution in [0.25, 0.3) is 0 Å². The molecule has 0 aromatic rings. The maximum Gasteiger partial charge on any atom is 0.305 e. The molecule has 90 heavy (non-hydrogen) atoms. The van der Waals surface area contributed by atoms with Gasteiger partial charge in [0.25, 0.3) is 0 Å². The van der Waals surface area contributed by atoms with Crippen LogP contribution in [-0.2, 0) is 14.3 Å². The smallest absolute Gasteiger partial charge is 0.305 e. The van der Waals surface area contributed by atoms with Gasteiger partial charge in [0.2, 0.25) is 5.91 Å². The molecule has 0 radical (unpaired) electrons. The average molecular weight is 1270 g/mol. The Morgan fingerprint density at radius 2 is 0.522 bits per heavy atom. The topological polar surface area (TPSA) is 95.9 Å². The summed E-state index contributed by atoms with van der Waals surface area (Å²) in [6, 6.07) is -0.628. The van der Waals surface area contributed by atoms with Crippen LogP contribution in [0.1, 0.15) is 463 Å². The highest BCUT2D eigenvalue weighted by molar-refractivity contribution is 5.76. The minimum atomic E-state index is -0.844. The summed E-state index contributed by atoms with van der Waals surface area (Å²) in [7, 11) is 0. The third-order valence-electron chi connectivity index (χ3n) is 19.4. The Labute approximate surface area is 564 Å². The molecule has 0 saturated carbocycles. The number of esters is 1. The van der Waals surface area contributed by atoms with Gasteiger partial charge in [-0.1, -0.05) is 403 Å². The Bertz CT molecular complexity index is 1460. The van der Waals surface area contributed by atoms with E-state index >= 15 is 0 Å². The van der Waals surface area contributed by atoms with Crippen molar-refractivity contribution >= 4 is 11.9 Å². The summed E-state index contributed by atoms with van der Waals surface area (Å²) in [6.45, 7) is 4.95. The number of carbonyl (C=O) groups excluding carboxylic acids is 2. The van der Waals surface area contributed by atoms with Crippen molar-refractivity contribution in [1.82, 2.24) is 5.32 Å². The van der Waals surface area contributed by atoms with Gasteiger partial charge in [0.15, 0.2) is 0 Å². The monoisotopic (exact) mass is 1260 g/mol. The summed E-state index contributed by atoms with van der Waals surface area (Å²) >= 11 is 0. The molecule has 0 bridgehead atoms. The number of amides is 1.